The highest BCUT2D eigenvalue weighted by molar-refractivity contribution is 5.97. The second kappa shape index (κ2) is 7.30. The van der Waals surface area contributed by atoms with Gasteiger partial charge < -0.3 is 14.5 Å². The van der Waals surface area contributed by atoms with Crippen molar-refractivity contribution in [3.8, 4) is 5.75 Å². The molecule has 2 amide bonds. The Morgan fingerprint density at radius 2 is 1.71 bits per heavy atom. The van der Waals surface area contributed by atoms with Crippen LogP contribution in [0.4, 0.5) is 4.79 Å². The number of benzene rings is 1. The molecule has 1 saturated heterocycles. The van der Waals surface area contributed by atoms with E-state index in [9.17, 15) is 9.59 Å². The Hall–Kier alpha value is -3.42. The van der Waals surface area contributed by atoms with E-state index in [0.29, 0.717) is 37.5 Å². The fraction of sp³-hybridized carbons (Fsp3) is 0.300. The lowest BCUT2D eigenvalue weighted by Gasteiger charge is -2.34. The summed E-state index contributed by atoms with van der Waals surface area (Å²) in [5.74, 6) is 0.422. The lowest BCUT2D eigenvalue weighted by Crippen LogP contribution is -2.51. The van der Waals surface area contributed by atoms with Crippen molar-refractivity contribution in [2.24, 2.45) is 7.05 Å². The first-order valence-electron chi connectivity index (χ1n) is 9.13. The van der Waals surface area contributed by atoms with Crippen LogP contribution in [0.25, 0.3) is 11.0 Å². The third-order valence-electron chi connectivity index (χ3n) is 4.88. The van der Waals surface area contributed by atoms with Crippen molar-refractivity contribution in [3.63, 3.8) is 0 Å². The Kier molecular flexibility index (Phi) is 4.68. The third kappa shape index (κ3) is 3.40. The molecule has 1 aliphatic heterocycles. The number of pyridine rings is 1. The van der Waals surface area contributed by atoms with Crippen molar-refractivity contribution < 1.29 is 14.3 Å². The van der Waals surface area contributed by atoms with Crippen LogP contribution in [-0.4, -0.2) is 62.7 Å². The summed E-state index contributed by atoms with van der Waals surface area (Å²) in [5, 5.41) is 5.21. The van der Waals surface area contributed by atoms with Crippen LogP contribution in [0.5, 0.6) is 5.75 Å². The Morgan fingerprint density at radius 3 is 2.43 bits per heavy atom. The van der Waals surface area contributed by atoms with Gasteiger partial charge >= 0.3 is 6.09 Å². The quantitative estimate of drug-likeness (QED) is 0.682. The van der Waals surface area contributed by atoms with E-state index in [1.54, 1.807) is 32.8 Å². The van der Waals surface area contributed by atoms with Gasteiger partial charge in [-0.3, -0.25) is 9.48 Å². The van der Waals surface area contributed by atoms with Crippen LogP contribution in [0, 0.1) is 6.92 Å². The number of ether oxygens (including phenoxy) is 1. The normalized spacial score (nSPS) is 14.4. The summed E-state index contributed by atoms with van der Waals surface area (Å²) in [7, 11) is 1.83. The van der Waals surface area contributed by atoms with E-state index in [4.69, 9.17) is 4.74 Å². The molecular formula is C20H21N5O3. The van der Waals surface area contributed by atoms with Gasteiger partial charge in [-0.05, 0) is 25.1 Å². The topological polar surface area (TPSA) is 80.6 Å². The van der Waals surface area contributed by atoms with E-state index in [1.165, 1.54) is 0 Å². The van der Waals surface area contributed by atoms with E-state index < -0.39 is 6.09 Å². The number of fused-ring (bicyclic) bond motifs is 1. The number of hydrogen-bond donors (Lipinski definition) is 0. The summed E-state index contributed by atoms with van der Waals surface area (Å²) >= 11 is 0. The highest BCUT2D eigenvalue weighted by Crippen LogP contribution is 2.18. The van der Waals surface area contributed by atoms with Gasteiger partial charge in [0, 0.05) is 44.8 Å². The van der Waals surface area contributed by atoms with Crippen molar-refractivity contribution in [2.75, 3.05) is 26.2 Å². The van der Waals surface area contributed by atoms with Crippen LogP contribution >= 0.6 is 0 Å². The van der Waals surface area contributed by atoms with Gasteiger partial charge in [0.2, 0.25) is 0 Å². The molecule has 0 spiro atoms. The Bertz CT molecular complexity index is 1020. The number of carbonyl (C=O) groups excluding carboxylic acids is 2. The number of rotatable bonds is 2. The molecule has 1 fully saturated rings. The van der Waals surface area contributed by atoms with Gasteiger partial charge in [-0.2, -0.15) is 5.10 Å². The lowest BCUT2D eigenvalue weighted by atomic mass is 10.1. The van der Waals surface area contributed by atoms with E-state index in [0.717, 1.165) is 16.7 Å². The van der Waals surface area contributed by atoms with Crippen molar-refractivity contribution in [1.82, 2.24) is 24.6 Å². The van der Waals surface area contributed by atoms with Crippen LogP contribution < -0.4 is 4.74 Å². The summed E-state index contributed by atoms with van der Waals surface area (Å²) in [6.07, 6.45) is 1.19. The first-order valence-corrected chi connectivity index (χ1v) is 9.13. The first kappa shape index (κ1) is 18.0. The molecule has 3 aromatic rings. The molecular weight excluding hydrogens is 358 g/mol. The molecule has 8 nitrogen and oxygen atoms in total. The summed E-state index contributed by atoms with van der Waals surface area (Å²) < 4.78 is 7.07. The second-order valence-corrected chi connectivity index (χ2v) is 6.76. The second-order valence-electron chi connectivity index (χ2n) is 6.76. The minimum Gasteiger partial charge on any atom is -0.410 e. The van der Waals surface area contributed by atoms with Crippen molar-refractivity contribution >= 4 is 23.0 Å². The molecule has 0 atom stereocenters. The van der Waals surface area contributed by atoms with Crippen LogP contribution in [0.3, 0.4) is 0 Å². The third-order valence-corrected chi connectivity index (χ3v) is 4.88. The molecule has 0 bridgehead atoms. The molecule has 0 aliphatic carbocycles. The smallest absolute Gasteiger partial charge is 0.410 e. The maximum atomic E-state index is 12.9. The fourth-order valence-corrected chi connectivity index (χ4v) is 3.35. The molecule has 0 unspecified atom stereocenters. The van der Waals surface area contributed by atoms with Crippen LogP contribution in [0.2, 0.25) is 0 Å². The van der Waals surface area contributed by atoms with Gasteiger partial charge in [-0.1, -0.05) is 18.2 Å². The minimum atomic E-state index is -0.396. The monoisotopic (exact) mass is 379 g/mol. The van der Waals surface area contributed by atoms with Crippen molar-refractivity contribution in [1.29, 1.82) is 0 Å². The lowest BCUT2D eigenvalue weighted by molar-refractivity contribution is 0.0633. The summed E-state index contributed by atoms with van der Waals surface area (Å²) in [6.45, 7) is 3.66. The SMILES string of the molecule is Cc1nn(C)c2ncc(C(=O)N3CCN(C(=O)Oc4ccccc4)CC3)cc12. The molecule has 3 heterocycles. The maximum Gasteiger partial charge on any atom is 0.415 e. The van der Waals surface area contributed by atoms with Crippen LogP contribution in [0.1, 0.15) is 16.1 Å². The molecule has 0 saturated carbocycles. The predicted molar refractivity (Wildman–Crippen MR) is 103 cm³/mol. The number of carbonyl (C=O) groups is 2. The number of para-hydroxylation sites is 1. The van der Waals surface area contributed by atoms with Gasteiger partial charge in [0.05, 0.1) is 11.3 Å². The highest BCUT2D eigenvalue weighted by atomic mass is 16.6. The van der Waals surface area contributed by atoms with E-state index >= 15 is 0 Å². The number of piperazine rings is 1. The number of amides is 2. The standard InChI is InChI=1S/C20H21N5O3/c1-14-17-12-15(13-21-18(17)23(2)22-14)19(26)24-8-10-25(11-9-24)20(27)28-16-6-4-3-5-7-16/h3-7,12-13H,8-11H2,1-2H3. The molecule has 0 N–H and O–H groups in total. The zero-order valence-corrected chi connectivity index (χ0v) is 15.8. The number of nitrogens with zero attached hydrogens (tertiary/aromatic N) is 5. The average Bonchev–Trinajstić information content (AvgIpc) is 3.01. The zero-order chi connectivity index (χ0) is 19.7. The van der Waals surface area contributed by atoms with Gasteiger partial charge in [0.25, 0.3) is 5.91 Å². The van der Waals surface area contributed by atoms with E-state index in [2.05, 4.69) is 10.1 Å². The molecule has 8 heteroatoms. The number of aryl methyl sites for hydroxylation is 2. The number of aromatic nitrogens is 3. The van der Waals surface area contributed by atoms with E-state index in [-0.39, 0.29) is 5.91 Å². The van der Waals surface area contributed by atoms with E-state index in [1.807, 2.05) is 38.2 Å². The Morgan fingerprint density at radius 1 is 1.04 bits per heavy atom. The summed E-state index contributed by atoms with van der Waals surface area (Å²) in [4.78, 5) is 32.9. The zero-order valence-electron chi connectivity index (χ0n) is 15.8. The molecule has 0 radical (unpaired) electrons. The minimum absolute atomic E-state index is 0.0891. The van der Waals surface area contributed by atoms with Gasteiger partial charge in [0.15, 0.2) is 5.65 Å². The van der Waals surface area contributed by atoms with Crippen LogP contribution in [0.15, 0.2) is 42.6 Å². The summed E-state index contributed by atoms with van der Waals surface area (Å²) in [6, 6.07) is 10.8. The molecule has 144 valence electrons. The van der Waals surface area contributed by atoms with Crippen LogP contribution in [-0.2, 0) is 7.05 Å². The van der Waals surface area contributed by atoms with Gasteiger partial charge in [-0.15, -0.1) is 0 Å². The predicted octanol–water partition coefficient (Wildman–Crippen LogP) is 2.23. The van der Waals surface area contributed by atoms with Crippen molar-refractivity contribution in [2.45, 2.75) is 6.92 Å². The molecule has 28 heavy (non-hydrogen) atoms. The number of hydrogen-bond acceptors (Lipinski definition) is 5. The van der Waals surface area contributed by atoms with Gasteiger partial charge in [0.1, 0.15) is 5.75 Å². The first-order chi connectivity index (χ1) is 13.5. The molecule has 4 rings (SSSR count). The molecule has 1 aromatic carbocycles. The van der Waals surface area contributed by atoms with Gasteiger partial charge in [-0.25, -0.2) is 9.78 Å². The summed E-state index contributed by atoms with van der Waals surface area (Å²) in [5.41, 5.74) is 2.12. The highest BCUT2D eigenvalue weighted by Gasteiger charge is 2.26. The maximum absolute atomic E-state index is 12.9. The average molecular weight is 379 g/mol. The Balaban J connectivity index is 1.40. The largest absolute Gasteiger partial charge is 0.415 e. The molecule has 1 aliphatic rings. The Labute approximate surface area is 162 Å². The van der Waals surface area contributed by atoms with Crippen molar-refractivity contribution in [3.05, 3.63) is 53.9 Å². The molecule has 2 aromatic heterocycles. The fourth-order valence-electron chi connectivity index (χ4n) is 3.35.